The molecule has 1 amide bonds. The first-order valence-electron chi connectivity index (χ1n) is 7.75. The third-order valence-corrected chi connectivity index (χ3v) is 4.00. The van der Waals surface area contributed by atoms with Gasteiger partial charge >= 0.3 is 6.09 Å². The molecule has 1 fully saturated rings. The number of nitrogens with zero attached hydrogens (tertiary/aromatic N) is 1. The lowest BCUT2D eigenvalue weighted by Crippen LogP contribution is -2.44. The number of aliphatic hydroxyl groups is 2. The van der Waals surface area contributed by atoms with Gasteiger partial charge in [-0.2, -0.15) is 0 Å². The van der Waals surface area contributed by atoms with Crippen LogP contribution in [0.25, 0.3) is 0 Å². The summed E-state index contributed by atoms with van der Waals surface area (Å²) in [4.78, 5) is 24.9. The van der Waals surface area contributed by atoms with Crippen LogP contribution in [0.15, 0.2) is 30.3 Å². The molecule has 0 unspecified atom stereocenters. The largest absolute Gasteiger partial charge is 0.444 e. The van der Waals surface area contributed by atoms with Crippen molar-refractivity contribution in [2.45, 2.75) is 51.4 Å². The summed E-state index contributed by atoms with van der Waals surface area (Å²) in [5.74, 6) is -0.561. The molecule has 1 saturated heterocycles. The number of rotatable bonds is 5. The van der Waals surface area contributed by atoms with Crippen molar-refractivity contribution in [2.24, 2.45) is 0 Å². The number of ketones is 1. The predicted molar refractivity (Wildman–Crippen MR) is 85.0 cm³/mol. The van der Waals surface area contributed by atoms with E-state index in [2.05, 4.69) is 0 Å². The van der Waals surface area contributed by atoms with Gasteiger partial charge in [0.25, 0.3) is 0 Å². The van der Waals surface area contributed by atoms with E-state index < -0.39 is 35.9 Å². The van der Waals surface area contributed by atoms with E-state index >= 15 is 0 Å². The highest BCUT2D eigenvalue weighted by Gasteiger charge is 2.47. The van der Waals surface area contributed by atoms with E-state index in [9.17, 15) is 19.8 Å². The van der Waals surface area contributed by atoms with Crippen molar-refractivity contribution in [3.8, 4) is 0 Å². The first kappa shape index (κ1) is 18.4. The van der Waals surface area contributed by atoms with Crippen molar-refractivity contribution >= 4 is 11.9 Å². The normalized spacial score (nSPS) is 22.0. The molecule has 1 aromatic rings. The molecule has 0 saturated carbocycles. The Morgan fingerprint density at radius 2 is 1.96 bits per heavy atom. The SMILES string of the molecule is CC(=O)[C@H](O)[C@H](O)[C@@H]1CN(C(=O)OCc2ccccc2)C(C)(C)O1. The van der Waals surface area contributed by atoms with E-state index in [0.29, 0.717) is 0 Å². The van der Waals surface area contributed by atoms with E-state index in [-0.39, 0.29) is 13.2 Å². The lowest BCUT2D eigenvalue weighted by Gasteiger charge is -2.29. The molecule has 1 aliphatic heterocycles. The molecule has 1 aliphatic rings. The van der Waals surface area contributed by atoms with Crippen LogP contribution in [0.1, 0.15) is 26.3 Å². The Balaban J connectivity index is 1.99. The molecule has 7 nitrogen and oxygen atoms in total. The summed E-state index contributed by atoms with van der Waals surface area (Å²) in [7, 11) is 0. The molecule has 2 N–H and O–H groups in total. The average molecular weight is 337 g/mol. The van der Waals surface area contributed by atoms with Gasteiger partial charge in [-0.3, -0.25) is 9.69 Å². The minimum absolute atomic E-state index is 0.0200. The lowest BCUT2D eigenvalue weighted by molar-refractivity contribution is -0.145. The number of carbonyl (C=O) groups is 2. The van der Waals surface area contributed by atoms with Crippen LogP contribution in [-0.4, -0.2) is 57.6 Å². The number of hydrogen-bond acceptors (Lipinski definition) is 6. The molecule has 0 bridgehead atoms. The number of hydrogen-bond donors (Lipinski definition) is 2. The zero-order chi connectivity index (χ0) is 17.9. The monoisotopic (exact) mass is 337 g/mol. The summed E-state index contributed by atoms with van der Waals surface area (Å²) in [5.41, 5.74) is -0.164. The van der Waals surface area contributed by atoms with Crippen molar-refractivity contribution in [1.29, 1.82) is 0 Å². The summed E-state index contributed by atoms with van der Waals surface area (Å²) in [6.45, 7) is 4.63. The van der Waals surface area contributed by atoms with Crippen LogP contribution < -0.4 is 0 Å². The Bertz CT molecular complexity index is 588. The molecule has 0 aliphatic carbocycles. The van der Waals surface area contributed by atoms with E-state index in [4.69, 9.17) is 9.47 Å². The van der Waals surface area contributed by atoms with Crippen LogP contribution in [-0.2, 0) is 20.9 Å². The molecular weight excluding hydrogens is 314 g/mol. The summed E-state index contributed by atoms with van der Waals surface area (Å²) < 4.78 is 10.9. The molecule has 24 heavy (non-hydrogen) atoms. The second-order valence-corrected chi connectivity index (χ2v) is 6.30. The van der Waals surface area contributed by atoms with Gasteiger partial charge in [0.2, 0.25) is 0 Å². The zero-order valence-electron chi connectivity index (χ0n) is 14.0. The number of carbonyl (C=O) groups excluding carboxylic acids is 2. The van der Waals surface area contributed by atoms with Crippen LogP contribution in [0, 0.1) is 0 Å². The topological polar surface area (TPSA) is 96.3 Å². The van der Waals surface area contributed by atoms with Crippen molar-refractivity contribution < 1.29 is 29.3 Å². The number of amides is 1. The smallest absolute Gasteiger partial charge is 0.412 e. The maximum atomic E-state index is 12.3. The maximum absolute atomic E-state index is 12.3. The van der Waals surface area contributed by atoms with Crippen molar-refractivity contribution in [3.05, 3.63) is 35.9 Å². The number of Topliss-reactive ketones (excluding diaryl/α,β-unsaturated/α-hetero) is 1. The summed E-state index contributed by atoms with van der Waals surface area (Å²) >= 11 is 0. The molecular formula is C17H23NO6. The second-order valence-electron chi connectivity index (χ2n) is 6.30. The van der Waals surface area contributed by atoms with Gasteiger partial charge in [0.05, 0.1) is 6.54 Å². The fraction of sp³-hybridized carbons (Fsp3) is 0.529. The Kier molecular flexibility index (Phi) is 5.58. The van der Waals surface area contributed by atoms with Gasteiger partial charge in [-0.25, -0.2) is 4.79 Å². The Labute approximate surface area is 140 Å². The maximum Gasteiger partial charge on any atom is 0.412 e. The molecule has 1 aromatic carbocycles. The van der Waals surface area contributed by atoms with Crippen LogP contribution in [0.2, 0.25) is 0 Å². The number of aliphatic hydroxyl groups excluding tert-OH is 2. The molecule has 0 radical (unpaired) electrons. The predicted octanol–water partition coefficient (Wildman–Crippen LogP) is 1.07. The Morgan fingerprint density at radius 3 is 2.54 bits per heavy atom. The average Bonchev–Trinajstić information content (AvgIpc) is 2.87. The van der Waals surface area contributed by atoms with Crippen molar-refractivity contribution in [2.75, 3.05) is 6.54 Å². The number of benzene rings is 1. The van der Waals surface area contributed by atoms with Gasteiger partial charge in [-0.15, -0.1) is 0 Å². The van der Waals surface area contributed by atoms with Gasteiger partial charge in [-0.05, 0) is 26.3 Å². The summed E-state index contributed by atoms with van der Waals surface area (Å²) in [6, 6.07) is 9.25. The van der Waals surface area contributed by atoms with Crippen LogP contribution in [0.3, 0.4) is 0 Å². The zero-order valence-corrected chi connectivity index (χ0v) is 14.0. The lowest BCUT2D eigenvalue weighted by atomic mass is 10.1. The number of ether oxygens (including phenoxy) is 2. The second kappa shape index (κ2) is 7.29. The highest BCUT2D eigenvalue weighted by molar-refractivity contribution is 5.80. The van der Waals surface area contributed by atoms with Gasteiger partial charge in [0.15, 0.2) is 5.78 Å². The van der Waals surface area contributed by atoms with Gasteiger partial charge in [0, 0.05) is 0 Å². The first-order chi connectivity index (χ1) is 11.2. The fourth-order valence-electron chi connectivity index (χ4n) is 2.58. The molecule has 0 aromatic heterocycles. The van der Waals surface area contributed by atoms with E-state index in [1.807, 2.05) is 30.3 Å². The Hall–Kier alpha value is -1.96. The van der Waals surface area contributed by atoms with Gasteiger partial charge < -0.3 is 19.7 Å². The van der Waals surface area contributed by atoms with E-state index in [1.165, 1.54) is 11.8 Å². The van der Waals surface area contributed by atoms with Crippen LogP contribution in [0.5, 0.6) is 0 Å². The molecule has 7 heteroatoms. The Morgan fingerprint density at radius 1 is 1.33 bits per heavy atom. The minimum Gasteiger partial charge on any atom is -0.444 e. The molecule has 3 atom stereocenters. The molecule has 2 rings (SSSR count). The standard InChI is InChI=1S/C17H23NO6/c1-11(19)14(20)15(21)13-9-18(17(2,3)24-13)16(22)23-10-12-7-5-4-6-8-12/h4-8,13-15,20-21H,9-10H2,1-3H3/t13-,14-,15+/m0/s1. The van der Waals surface area contributed by atoms with E-state index in [0.717, 1.165) is 5.56 Å². The summed E-state index contributed by atoms with van der Waals surface area (Å²) in [6.07, 6.45) is -4.42. The first-order valence-corrected chi connectivity index (χ1v) is 7.75. The highest BCUT2D eigenvalue weighted by Crippen LogP contribution is 2.30. The van der Waals surface area contributed by atoms with Crippen molar-refractivity contribution in [3.63, 3.8) is 0 Å². The van der Waals surface area contributed by atoms with Crippen LogP contribution in [0.4, 0.5) is 4.79 Å². The van der Waals surface area contributed by atoms with Crippen LogP contribution >= 0.6 is 0 Å². The third-order valence-electron chi connectivity index (χ3n) is 4.00. The summed E-state index contributed by atoms with van der Waals surface area (Å²) in [5, 5.41) is 19.7. The molecule has 1 heterocycles. The minimum atomic E-state index is -1.55. The molecule has 0 spiro atoms. The fourth-order valence-corrected chi connectivity index (χ4v) is 2.58. The van der Waals surface area contributed by atoms with Gasteiger partial charge in [0.1, 0.15) is 30.6 Å². The quantitative estimate of drug-likeness (QED) is 0.834. The van der Waals surface area contributed by atoms with E-state index in [1.54, 1.807) is 13.8 Å². The van der Waals surface area contributed by atoms with Crippen molar-refractivity contribution in [1.82, 2.24) is 4.90 Å². The highest BCUT2D eigenvalue weighted by atomic mass is 16.6. The third kappa shape index (κ3) is 4.11. The van der Waals surface area contributed by atoms with Gasteiger partial charge in [-0.1, -0.05) is 30.3 Å². The molecule has 132 valence electrons.